The minimum absolute atomic E-state index is 0.0274. The standard InChI is InChI=1S/C17H19FN2O3S/c18-15-8-6-14(7-9-15)10-12-19-17(21)11-13-20-24(22,23)16-4-2-1-3-5-16/h1-9,20H,10-13H2,(H,19,21). The van der Waals surface area contributed by atoms with Crippen LogP contribution in [0.1, 0.15) is 12.0 Å². The van der Waals surface area contributed by atoms with Crippen LogP contribution in [0.3, 0.4) is 0 Å². The van der Waals surface area contributed by atoms with Crippen molar-refractivity contribution in [1.82, 2.24) is 10.0 Å². The number of sulfonamides is 1. The molecule has 0 aliphatic heterocycles. The molecule has 7 heteroatoms. The normalized spacial score (nSPS) is 11.2. The predicted octanol–water partition coefficient (Wildman–Crippen LogP) is 1.85. The van der Waals surface area contributed by atoms with Crippen LogP contribution < -0.4 is 10.0 Å². The van der Waals surface area contributed by atoms with Crippen molar-refractivity contribution in [1.29, 1.82) is 0 Å². The Hall–Kier alpha value is -2.25. The van der Waals surface area contributed by atoms with Gasteiger partial charge in [-0.25, -0.2) is 17.5 Å². The molecule has 0 aliphatic rings. The zero-order valence-corrected chi connectivity index (χ0v) is 13.9. The number of rotatable bonds is 8. The van der Waals surface area contributed by atoms with Crippen molar-refractivity contribution in [3.05, 3.63) is 66.0 Å². The maximum atomic E-state index is 12.8. The van der Waals surface area contributed by atoms with Crippen molar-refractivity contribution in [3.8, 4) is 0 Å². The summed E-state index contributed by atoms with van der Waals surface area (Å²) in [5.74, 6) is -0.540. The van der Waals surface area contributed by atoms with E-state index in [-0.39, 0.29) is 29.6 Å². The maximum Gasteiger partial charge on any atom is 0.240 e. The highest BCUT2D eigenvalue weighted by Crippen LogP contribution is 2.06. The number of nitrogens with one attached hydrogen (secondary N) is 2. The van der Waals surface area contributed by atoms with Crippen molar-refractivity contribution in [2.75, 3.05) is 13.1 Å². The van der Waals surface area contributed by atoms with E-state index in [0.29, 0.717) is 13.0 Å². The van der Waals surface area contributed by atoms with Gasteiger partial charge in [-0.3, -0.25) is 4.79 Å². The molecule has 0 aliphatic carbocycles. The van der Waals surface area contributed by atoms with E-state index < -0.39 is 10.0 Å². The van der Waals surface area contributed by atoms with Crippen LogP contribution in [0.2, 0.25) is 0 Å². The van der Waals surface area contributed by atoms with E-state index in [1.165, 1.54) is 24.3 Å². The lowest BCUT2D eigenvalue weighted by atomic mass is 10.1. The zero-order chi connectivity index (χ0) is 17.4. The van der Waals surface area contributed by atoms with Crippen LogP contribution in [-0.4, -0.2) is 27.4 Å². The van der Waals surface area contributed by atoms with Crippen molar-refractivity contribution < 1.29 is 17.6 Å². The maximum absolute atomic E-state index is 12.8. The lowest BCUT2D eigenvalue weighted by molar-refractivity contribution is -0.120. The molecule has 0 unspecified atom stereocenters. The van der Waals surface area contributed by atoms with Gasteiger partial charge < -0.3 is 5.32 Å². The van der Waals surface area contributed by atoms with E-state index >= 15 is 0 Å². The van der Waals surface area contributed by atoms with Gasteiger partial charge in [-0.15, -0.1) is 0 Å². The van der Waals surface area contributed by atoms with Crippen molar-refractivity contribution in [2.45, 2.75) is 17.7 Å². The molecule has 2 aromatic carbocycles. The predicted molar refractivity (Wildman–Crippen MR) is 89.4 cm³/mol. The lowest BCUT2D eigenvalue weighted by Crippen LogP contribution is -2.31. The minimum atomic E-state index is -3.59. The summed E-state index contributed by atoms with van der Waals surface area (Å²) in [5, 5.41) is 2.70. The van der Waals surface area contributed by atoms with Gasteiger partial charge in [0.1, 0.15) is 5.82 Å². The summed E-state index contributed by atoms with van der Waals surface area (Å²) >= 11 is 0. The molecule has 0 fully saturated rings. The van der Waals surface area contributed by atoms with E-state index in [9.17, 15) is 17.6 Å². The number of hydrogen-bond donors (Lipinski definition) is 2. The summed E-state index contributed by atoms with van der Waals surface area (Å²) in [6, 6.07) is 14.0. The second-order valence-electron chi connectivity index (χ2n) is 5.19. The molecule has 128 valence electrons. The summed E-state index contributed by atoms with van der Waals surface area (Å²) in [5.41, 5.74) is 0.918. The second-order valence-corrected chi connectivity index (χ2v) is 6.95. The Balaban J connectivity index is 1.69. The van der Waals surface area contributed by atoms with E-state index in [0.717, 1.165) is 5.56 Å². The summed E-state index contributed by atoms with van der Waals surface area (Å²) < 4.78 is 39.1. The van der Waals surface area contributed by atoms with E-state index in [1.54, 1.807) is 30.3 Å². The molecule has 24 heavy (non-hydrogen) atoms. The van der Waals surface area contributed by atoms with Gasteiger partial charge in [0.15, 0.2) is 0 Å². The Kier molecular flexibility index (Phi) is 6.45. The average molecular weight is 350 g/mol. The summed E-state index contributed by atoms with van der Waals surface area (Å²) in [7, 11) is -3.59. The second kappa shape index (κ2) is 8.56. The van der Waals surface area contributed by atoms with Crippen LogP contribution in [0.4, 0.5) is 4.39 Å². The fourth-order valence-electron chi connectivity index (χ4n) is 2.07. The van der Waals surface area contributed by atoms with Gasteiger partial charge in [0.2, 0.25) is 15.9 Å². The molecule has 0 aromatic heterocycles. The van der Waals surface area contributed by atoms with Crippen LogP contribution in [-0.2, 0) is 21.2 Å². The van der Waals surface area contributed by atoms with E-state index in [1.807, 2.05) is 0 Å². The molecule has 0 atom stereocenters. The number of hydrogen-bond acceptors (Lipinski definition) is 3. The van der Waals surface area contributed by atoms with E-state index in [2.05, 4.69) is 10.0 Å². The molecule has 5 nitrogen and oxygen atoms in total. The van der Waals surface area contributed by atoms with Crippen LogP contribution >= 0.6 is 0 Å². The summed E-state index contributed by atoms with van der Waals surface area (Å²) in [4.78, 5) is 11.9. The van der Waals surface area contributed by atoms with Crippen molar-refractivity contribution in [3.63, 3.8) is 0 Å². The van der Waals surface area contributed by atoms with Crippen LogP contribution in [0, 0.1) is 5.82 Å². The molecule has 2 aromatic rings. The Bertz CT molecular complexity index is 762. The molecule has 0 heterocycles. The first-order chi connectivity index (χ1) is 11.5. The molecule has 0 radical (unpaired) electrons. The topological polar surface area (TPSA) is 75.3 Å². The Morgan fingerprint density at radius 2 is 1.62 bits per heavy atom. The van der Waals surface area contributed by atoms with Crippen LogP contribution in [0.25, 0.3) is 0 Å². The summed E-state index contributed by atoms with van der Waals surface area (Å²) in [6.07, 6.45) is 0.636. The lowest BCUT2D eigenvalue weighted by Gasteiger charge is -2.08. The highest BCUT2D eigenvalue weighted by Gasteiger charge is 2.13. The molecule has 0 bridgehead atoms. The number of amides is 1. The third kappa shape index (κ3) is 5.75. The Morgan fingerprint density at radius 1 is 0.958 bits per heavy atom. The number of benzene rings is 2. The van der Waals surface area contributed by atoms with Gasteiger partial charge in [0.05, 0.1) is 4.90 Å². The highest BCUT2D eigenvalue weighted by molar-refractivity contribution is 7.89. The first-order valence-corrected chi connectivity index (χ1v) is 9.01. The van der Waals surface area contributed by atoms with Crippen LogP contribution in [0.5, 0.6) is 0 Å². The third-order valence-electron chi connectivity index (χ3n) is 3.35. The largest absolute Gasteiger partial charge is 0.356 e. The molecular formula is C17H19FN2O3S. The van der Waals surface area contributed by atoms with Gasteiger partial charge in [-0.1, -0.05) is 30.3 Å². The van der Waals surface area contributed by atoms with Crippen LogP contribution in [0.15, 0.2) is 59.5 Å². The third-order valence-corrected chi connectivity index (χ3v) is 4.82. The van der Waals surface area contributed by atoms with Crippen molar-refractivity contribution in [2.24, 2.45) is 0 Å². The molecule has 0 saturated heterocycles. The summed E-state index contributed by atoms with van der Waals surface area (Å²) in [6.45, 7) is 0.440. The number of carbonyl (C=O) groups excluding carboxylic acids is 1. The van der Waals surface area contributed by atoms with Gasteiger partial charge in [0, 0.05) is 19.5 Å². The average Bonchev–Trinajstić information content (AvgIpc) is 2.57. The van der Waals surface area contributed by atoms with Crippen molar-refractivity contribution >= 4 is 15.9 Å². The minimum Gasteiger partial charge on any atom is -0.356 e. The fourth-order valence-corrected chi connectivity index (χ4v) is 3.12. The van der Waals surface area contributed by atoms with Gasteiger partial charge in [0.25, 0.3) is 0 Å². The van der Waals surface area contributed by atoms with Gasteiger partial charge in [-0.05, 0) is 36.2 Å². The monoisotopic (exact) mass is 350 g/mol. The molecule has 2 N–H and O–H groups in total. The van der Waals surface area contributed by atoms with Gasteiger partial charge in [-0.2, -0.15) is 0 Å². The molecular weight excluding hydrogens is 331 g/mol. The number of carbonyl (C=O) groups is 1. The molecule has 1 amide bonds. The number of halogens is 1. The Labute approximate surface area is 141 Å². The zero-order valence-electron chi connectivity index (χ0n) is 13.0. The molecule has 0 saturated carbocycles. The first-order valence-electron chi connectivity index (χ1n) is 7.53. The SMILES string of the molecule is O=C(CCNS(=O)(=O)c1ccccc1)NCCc1ccc(F)cc1. The highest BCUT2D eigenvalue weighted by atomic mass is 32.2. The fraction of sp³-hybridized carbons (Fsp3) is 0.235. The Morgan fingerprint density at radius 3 is 2.29 bits per heavy atom. The first kappa shape index (κ1) is 18.1. The van der Waals surface area contributed by atoms with Gasteiger partial charge >= 0.3 is 0 Å². The molecule has 2 rings (SSSR count). The quantitative estimate of drug-likeness (QED) is 0.763. The smallest absolute Gasteiger partial charge is 0.240 e. The molecule has 0 spiro atoms. The van der Waals surface area contributed by atoms with E-state index in [4.69, 9.17) is 0 Å².